The SMILES string of the molecule is CC1c2cc3c(cc2C2(CCCC2)CN1C(=O)c1cc(C2CC2)on1)OCCO3. The molecule has 3 heterocycles. The molecular weight excluding hydrogens is 368 g/mol. The first kappa shape index (κ1) is 17.4. The Morgan fingerprint density at radius 1 is 1.10 bits per heavy atom. The van der Waals surface area contributed by atoms with Crippen LogP contribution in [-0.2, 0) is 5.41 Å². The first-order valence-corrected chi connectivity index (χ1v) is 10.9. The van der Waals surface area contributed by atoms with Crippen LogP contribution in [0.4, 0.5) is 0 Å². The van der Waals surface area contributed by atoms with Crippen molar-refractivity contribution in [1.82, 2.24) is 10.1 Å². The summed E-state index contributed by atoms with van der Waals surface area (Å²) in [5.41, 5.74) is 2.96. The maximum absolute atomic E-state index is 13.5. The van der Waals surface area contributed by atoms with E-state index < -0.39 is 0 Å². The normalized spacial score (nSPS) is 24.6. The van der Waals surface area contributed by atoms with E-state index in [1.54, 1.807) is 0 Å². The van der Waals surface area contributed by atoms with Crippen LogP contribution in [0.2, 0.25) is 0 Å². The number of rotatable bonds is 2. The summed E-state index contributed by atoms with van der Waals surface area (Å²) in [7, 11) is 0. The molecule has 1 aromatic carbocycles. The van der Waals surface area contributed by atoms with E-state index >= 15 is 0 Å². The molecule has 6 nitrogen and oxygen atoms in total. The summed E-state index contributed by atoms with van der Waals surface area (Å²) in [6.45, 7) is 3.99. The number of nitrogens with zero attached hydrogens (tertiary/aromatic N) is 2. The summed E-state index contributed by atoms with van der Waals surface area (Å²) < 4.78 is 17.2. The lowest BCUT2D eigenvalue weighted by Gasteiger charge is -2.46. The second kappa shape index (κ2) is 6.25. The summed E-state index contributed by atoms with van der Waals surface area (Å²) in [6, 6.07) is 6.11. The molecule has 6 rings (SSSR count). The van der Waals surface area contributed by atoms with Gasteiger partial charge in [0, 0.05) is 23.9 Å². The summed E-state index contributed by atoms with van der Waals surface area (Å²) >= 11 is 0. The summed E-state index contributed by atoms with van der Waals surface area (Å²) in [5, 5.41) is 4.12. The van der Waals surface area contributed by atoms with Crippen molar-refractivity contribution < 1.29 is 18.8 Å². The molecule has 0 saturated heterocycles. The smallest absolute Gasteiger partial charge is 0.276 e. The zero-order valence-corrected chi connectivity index (χ0v) is 16.8. The molecule has 1 amide bonds. The molecule has 0 N–H and O–H groups in total. The Labute approximate surface area is 170 Å². The topological polar surface area (TPSA) is 64.8 Å². The molecule has 2 aliphatic heterocycles. The van der Waals surface area contributed by atoms with Gasteiger partial charge in [-0.05, 0) is 55.9 Å². The minimum Gasteiger partial charge on any atom is -0.486 e. The van der Waals surface area contributed by atoms with Crippen LogP contribution in [0.15, 0.2) is 22.7 Å². The first-order valence-electron chi connectivity index (χ1n) is 10.9. The van der Waals surface area contributed by atoms with Crippen LogP contribution in [0.3, 0.4) is 0 Å². The van der Waals surface area contributed by atoms with E-state index in [0.29, 0.717) is 24.8 Å². The highest BCUT2D eigenvalue weighted by Gasteiger charge is 2.47. The van der Waals surface area contributed by atoms with Crippen molar-refractivity contribution in [2.24, 2.45) is 0 Å². The highest BCUT2D eigenvalue weighted by Crippen LogP contribution is 2.52. The second-order valence-corrected chi connectivity index (χ2v) is 9.07. The zero-order chi connectivity index (χ0) is 19.6. The van der Waals surface area contributed by atoms with Gasteiger partial charge in [0.1, 0.15) is 19.0 Å². The zero-order valence-electron chi connectivity index (χ0n) is 16.8. The summed E-state index contributed by atoms with van der Waals surface area (Å²) in [5.74, 6) is 2.92. The van der Waals surface area contributed by atoms with Gasteiger partial charge in [0.15, 0.2) is 17.2 Å². The highest BCUT2D eigenvalue weighted by atomic mass is 16.6. The first-order chi connectivity index (χ1) is 14.1. The fourth-order valence-corrected chi connectivity index (χ4v) is 5.45. The summed E-state index contributed by atoms with van der Waals surface area (Å²) in [4.78, 5) is 15.5. The van der Waals surface area contributed by atoms with Gasteiger partial charge in [-0.3, -0.25) is 4.79 Å². The minimum atomic E-state index is -0.0411. The Morgan fingerprint density at radius 3 is 2.55 bits per heavy atom. The van der Waals surface area contributed by atoms with Crippen LogP contribution in [-0.4, -0.2) is 35.7 Å². The number of hydrogen-bond donors (Lipinski definition) is 0. The molecule has 1 unspecified atom stereocenters. The maximum Gasteiger partial charge on any atom is 0.276 e. The van der Waals surface area contributed by atoms with Gasteiger partial charge in [-0.2, -0.15) is 0 Å². The monoisotopic (exact) mass is 394 g/mol. The Kier molecular flexibility index (Phi) is 3.74. The Hall–Kier alpha value is -2.50. The predicted octanol–water partition coefficient (Wildman–Crippen LogP) is 4.35. The van der Waals surface area contributed by atoms with Crippen molar-refractivity contribution in [3.8, 4) is 11.5 Å². The fraction of sp³-hybridized carbons (Fsp3) is 0.565. The number of benzene rings is 1. The largest absolute Gasteiger partial charge is 0.486 e. The molecule has 2 aliphatic carbocycles. The van der Waals surface area contributed by atoms with E-state index in [4.69, 9.17) is 14.0 Å². The molecule has 1 atom stereocenters. The number of fused-ring (bicyclic) bond motifs is 3. The average molecular weight is 394 g/mol. The third-order valence-corrected chi connectivity index (χ3v) is 7.23. The fourth-order valence-electron chi connectivity index (χ4n) is 5.45. The number of carbonyl (C=O) groups excluding carboxylic acids is 1. The van der Waals surface area contributed by atoms with Gasteiger partial charge in [0.05, 0.1) is 6.04 Å². The van der Waals surface area contributed by atoms with Gasteiger partial charge in [-0.25, -0.2) is 0 Å². The van der Waals surface area contributed by atoms with Crippen molar-refractivity contribution in [3.63, 3.8) is 0 Å². The lowest BCUT2D eigenvalue weighted by molar-refractivity contribution is 0.0582. The Bertz CT molecular complexity index is 971. The number of carbonyl (C=O) groups is 1. The lowest BCUT2D eigenvalue weighted by atomic mass is 9.71. The van der Waals surface area contributed by atoms with E-state index in [9.17, 15) is 4.79 Å². The van der Waals surface area contributed by atoms with Crippen LogP contribution in [0, 0.1) is 0 Å². The van der Waals surface area contributed by atoms with Crippen molar-refractivity contribution in [3.05, 3.63) is 40.8 Å². The molecule has 0 bridgehead atoms. The molecule has 6 heteroatoms. The molecule has 1 spiro atoms. The quantitative estimate of drug-likeness (QED) is 0.758. The molecule has 29 heavy (non-hydrogen) atoms. The van der Waals surface area contributed by atoms with E-state index in [1.807, 2.05) is 11.0 Å². The molecule has 2 saturated carbocycles. The number of aromatic nitrogens is 1. The minimum absolute atomic E-state index is 0.00357. The van der Waals surface area contributed by atoms with Crippen LogP contribution in [0.25, 0.3) is 0 Å². The molecule has 152 valence electrons. The highest BCUT2D eigenvalue weighted by molar-refractivity contribution is 5.93. The van der Waals surface area contributed by atoms with Gasteiger partial charge in [0.25, 0.3) is 5.91 Å². The Morgan fingerprint density at radius 2 is 1.83 bits per heavy atom. The lowest BCUT2D eigenvalue weighted by Crippen LogP contribution is -2.48. The standard InChI is InChI=1S/C23H26N2O4/c1-14-16-10-20-21(28-9-8-27-20)11-17(16)23(6-2-3-7-23)13-25(14)22(26)18-12-19(29-24-18)15-4-5-15/h10-12,14-15H,2-9,13H2,1H3. The predicted molar refractivity (Wildman–Crippen MR) is 106 cm³/mol. The molecule has 2 fully saturated rings. The van der Waals surface area contributed by atoms with Crippen LogP contribution >= 0.6 is 0 Å². The van der Waals surface area contributed by atoms with E-state index in [0.717, 1.165) is 49.5 Å². The van der Waals surface area contributed by atoms with Crippen LogP contribution < -0.4 is 9.47 Å². The van der Waals surface area contributed by atoms with Gasteiger partial charge in [-0.1, -0.05) is 18.0 Å². The van der Waals surface area contributed by atoms with Crippen molar-refractivity contribution in [1.29, 1.82) is 0 Å². The number of ether oxygens (including phenoxy) is 2. The molecule has 0 radical (unpaired) electrons. The van der Waals surface area contributed by atoms with Crippen molar-refractivity contribution in [2.45, 2.75) is 62.8 Å². The van der Waals surface area contributed by atoms with Crippen molar-refractivity contribution in [2.75, 3.05) is 19.8 Å². The van der Waals surface area contributed by atoms with Gasteiger partial charge >= 0.3 is 0 Å². The average Bonchev–Trinajstić information content (AvgIpc) is 3.29. The summed E-state index contributed by atoms with van der Waals surface area (Å²) in [6.07, 6.45) is 6.85. The number of amides is 1. The second-order valence-electron chi connectivity index (χ2n) is 9.07. The van der Waals surface area contributed by atoms with Crippen LogP contribution in [0.5, 0.6) is 11.5 Å². The third-order valence-electron chi connectivity index (χ3n) is 7.23. The Balaban J connectivity index is 1.41. The van der Waals surface area contributed by atoms with Crippen molar-refractivity contribution >= 4 is 5.91 Å². The van der Waals surface area contributed by atoms with Gasteiger partial charge < -0.3 is 18.9 Å². The maximum atomic E-state index is 13.5. The van der Waals surface area contributed by atoms with E-state index in [2.05, 4.69) is 24.2 Å². The van der Waals surface area contributed by atoms with E-state index in [1.165, 1.54) is 24.0 Å². The van der Waals surface area contributed by atoms with E-state index in [-0.39, 0.29) is 17.4 Å². The van der Waals surface area contributed by atoms with Gasteiger partial charge in [0.2, 0.25) is 0 Å². The third kappa shape index (κ3) is 2.68. The molecular formula is C23H26N2O4. The van der Waals surface area contributed by atoms with Crippen LogP contribution in [0.1, 0.15) is 84.8 Å². The van der Waals surface area contributed by atoms with Gasteiger partial charge in [-0.15, -0.1) is 0 Å². The molecule has 1 aromatic heterocycles. The molecule has 4 aliphatic rings. The molecule has 2 aromatic rings. The number of hydrogen-bond acceptors (Lipinski definition) is 5.